The van der Waals surface area contributed by atoms with Crippen LogP contribution in [0.5, 0.6) is 0 Å². The molecule has 0 saturated carbocycles. The quantitative estimate of drug-likeness (QED) is 0.751. The van der Waals surface area contributed by atoms with E-state index in [-0.39, 0.29) is 17.5 Å². The molecule has 1 aliphatic rings. The van der Waals surface area contributed by atoms with Crippen molar-refractivity contribution in [2.75, 3.05) is 0 Å². The Labute approximate surface area is 109 Å². The maximum absolute atomic E-state index is 13.8. The summed E-state index contributed by atoms with van der Waals surface area (Å²) in [5.41, 5.74) is 2.05. The molecule has 0 aliphatic heterocycles. The first-order chi connectivity index (χ1) is 8.66. The minimum Gasteiger partial charge on any atom is -0.294 e. The predicted octanol–water partition coefficient (Wildman–Crippen LogP) is 4.20. The lowest BCUT2D eigenvalue weighted by Crippen LogP contribution is -1.99. The zero-order valence-corrected chi connectivity index (χ0v) is 10.2. The summed E-state index contributed by atoms with van der Waals surface area (Å²) in [6.07, 6.45) is 0.316. The first kappa shape index (κ1) is 11.4. The number of fused-ring (bicyclic) bond motifs is 1. The van der Waals surface area contributed by atoms with E-state index in [0.29, 0.717) is 22.6 Å². The number of rotatable bonds is 1. The molecule has 2 aromatic rings. The molecule has 0 heterocycles. The van der Waals surface area contributed by atoms with Gasteiger partial charge in [0, 0.05) is 22.9 Å². The molecule has 3 rings (SSSR count). The summed E-state index contributed by atoms with van der Waals surface area (Å²) in [6.45, 7) is 0. The second-order valence-electron chi connectivity index (χ2n) is 4.43. The molecule has 1 atom stereocenters. The molecule has 0 amide bonds. The minimum absolute atomic E-state index is 0.0509. The SMILES string of the molecule is O=C1CC(c2ccccc2F)c2cc(Cl)ccc21. The van der Waals surface area contributed by atoms with Crippen molar-refractivity contribution in [1.29, 1.82) is 0 Å². The van der Waals surface area contributed by atoms with Crippen LogP contribution < -0.4 is 0 Å². The zero-order chi connectivity index (χ0) is 12.7. The van der Waals surface area contributed by atoms with Crippen molar-refractivity contribution in [2.45, 2.75) is 12.3 Å². The van der Waals surface area contributed by atoms with Crippen molar-refractivity contribution in [2.24, 2.45) is 0 Å². The average Bonchev–Trinajstić information content (AvgIpc) is 2.67. The molecule has 0 fully saturated rings. The predicted molar refractivity (Wildman–Crippen MR) is 68.6 cm³/mol. The Hall–Kier alpha value is -1.67. The van der Waals surface area contributed by atoms with Crippen LogP contribution >= 0.6 is 11.6 Å². The molecule has 1 unspecified atom stereocenters. The van der Waals surface area contributed by atoms with Gasteiger partial charge in [-0.2, -0.15) is 0 Å². The summed E-state index contributed by atoms with van der Waals surface area (Å²) in [4.78, 5) is 11.9. The molecule has 0 saturated heterocycles. The molecule has 1 aliphatic carbocycles. The van der Waals surface area contributed by atoms with Gasteiger partial charge in [0.15, 0.2) is 5.78 Å². The lowest BCUT2D eigenvalue weighted by molar-refractivity contribution is 0.0991. The van der Waals surface area contributed by atoms with Crippen LogP contribution in [-0.2, 0) is 0 Å². The largest absolute Gasteiger partial charge is 0.294 e. The van der Waals surface area contributed by atoms with Crippen LogP contribution in [0.4, 0.5) is 4.39 Å². The van der Waals surface area contributed by atoms with Gasteiger partial charge in [-0.15, -0.1) is 0 Å². The number of halogens is 2. The molecule has 90 valence electrons. The lowest BCUT2D eigenvalue weighted by Gasteiger charge is -2.12. The first-order valence-corrected chi connectivity index (χ1v) is 6.11. The van der Waals surface area contributed by atoms with Crippen LogP contribution in [0.3, 0.4) is 0 Å². The fourth-order valence-corrected chi connectivity index (χ4v) is 2.70. The summed E-state index contributed by atoms with van der Waals surface area (Å²) >= 11 is 5.96. The van der Waals surface area contributed by atoms with E-state index in [1.165, 1.54) is 6.07 Å². The van der Waals surface area contributed by atoms with Crippen LogP contribution in [-0.4, -0.2) is 5.78 Å². The van der Waals surface area contributed by atoms with E-state index in [0.717, 1.165) is 5.56 Å². The molecule has 0 N–H and O–H groups in total. The van der Waals surface area contributed by atoms with Gasteiger partial charge < -0.3 is 0 Å². The van der Waals surface area contributed by atoms with Gasteiger partial charge in [0.05, 0.1) is 0 Å². The second kappa shape index (κ2) is 4.21. The molecule has 1 nitrogen and oxygen atoms in total. The van der Waals surface area contributed by atoms with E-state index >= 15 is 0 Å². The maximum atomic E-state index is 13.8. The van der Waals surface area contributed by atoms with Gasteiger partial charge >= 0.3 is 0 Å². The van der Waals surface area contributed by atoms with Gasteiger partial charge in [0.25, 0.3) is 0 Å². The summed E-state index contributed by atoms with van der Waals surface area (Å²) < 4.78 is 13.8. The van der Waals surface area contributed by atoms with Crippen LogP contribution in [0.2, 0.25) is 5.02 Å². The Kier molecular flexibility index (Phi) is 2.67. The fourth-order valence-electron chi connectivity index (χ4n) is 2.52. The number of ketones is 1. The highest BCUT2D eigenvalue weighted by Gasteiger charge is 2.31. The fraction of sp³-hybridized carbons (Fsp3) is 0.133. The molecule has 2 aromatic carbocycles. The van der Waals surface area contributed by atoms with Crippen LogP contribution in [0.25, 0.3) is 0 Å². The third-order valence-electron chi connectivity index (χ3n) is 3.36. The van der Waals surface area contributed by atoms with Crippen molar-refractivity contribution < 1.29 is 9.18 Å². The molecular weight excluding hydrogens is 251 g/mol. The standard InChI is InChI=1S/C15H10ClFO/c16-9-5-6-11-12(7-9)13(8-15(11)18)10-3-1-2-4-14(10)17/h1-7,13H,8H2. The second-order valence-corrected chi connectivity index (χ2v) is 4.87. The Morgan fingerprint density at radius 1 is 1.11 bits per heavy atom. The van der Waals surface area contributed by atoms with Crippen molar-refractivity contribution in [1.82, 2.24) is 0 Å². The number of hydrogen-bond donors (Lipinski definition) is 0. The Morgan fingerprint density at radius 3 is 2.67 bits per heavy atom. The maximum Gasteiger partial charge on any atom is 0.164 e. The smallest absolute Gasteiger partial charge is 0.164 e. The monoisotopic (exact) mass is 260 g/mol. The lowest BCUT2D eigenvalue weighted by atomic mass is 9.93. The van der Waals surface area contributed by atoms with Crippen molar-refractivity contribution in [3.8, 4) is 0 Å². The number of carbonyl (C=O) groups excluding carboxylic acids is 1. The molecular formula is C15H10ClFO. The molecule has 0 spiro atoms. The van der Waals surface area contributed by atoms with E-state index in [1.807, 2.05) is 0 Å². The summed E-state index contributed by atoms with van der Waals surface area (Å²) in [7, 11) is 0. The molecule has 18 heavy (non-hydrogen) atoms. The number of Topliss-reactive ketones (excluding diaryl/α,β-unsaturated/α-hetero) is 1. The van der Waals surface area contributed by atoms with Gasteiger partial charge in [0.2, 0.25) is 0 Å². The molecule has 3 heteroatoms. The highest BCUT2D eigenvalue weighted by molar-refractivity contribution is 6.30. The Morgan fingerprint density at radius 2 is 1.89 bits per heavy atom. The topological polar surface area (TPSA) is 17.1 Å². The van der Waals surface area contributed by atoms with E-state index < -0.39 is 0 Å². The molecule has 0 radical (unpaired) electrons. The van der Waals surface area contributed by atoms with Gasteiger partial charge in [-0.25, -0.2) is 4.39 Å². The highest BCUT2D eigenvalue weighted by atomic mass is 35.5. The average molecular weight is 261 g/mol. The molecule has 0 aromatic heterocycles. The molecule has 0 bridgehead atoms. The van der Waals surface area contributed by atoms with Crippen LogP contribution in [0.1, 0.15) is 33.8 Å². The van der Waals surface area contributed by atoms with Gasteiger partial charge in [0.1, 0.15) is 5.82 Å². The van der Waals surface area contributed by atoms with E-state index in [2.05, 4.69) is 0 Å². The highest BCUT2D eigenvalue weighted by Crippen LogP contribution is 2.39. The zero-order valence-electron chi connectivity index (χ0n) is 9.49. The van der Waals surface area contributed by atoms with Gasteiger partial charge in [-0.3, -0.25) is 4.79 Å². The van der Waals surface area contributed by atoms with Gasteiger partial charge in [-0.1, -0.05) is 29.8 Å². The number of hydrogen-bond acceptors (Lipinski definition) is 1. The van der Waals surface area contributed by atoms with Crippen LogP contribution in [0, 0.1) is 5.82 Å². The summed E-state index contributed by atoms with van der Waals surface area (Å²) in [6, 6.07) is 11.8. The number of benzene rings is 2. The minimum atomic E-state index is -0.275. The van der Waals surface area contributed by atoms with Crippen LogP contribution in [0.15, 0.2) is 42.5 Å². The van der Waals surface area contributed by atoms with E-state index in [9.17, 15) is 9.18 Å². The number of carbonyl (C=O) groups is 1. The third kappa shape index (κ3) is 1.73. The van der Waals surface area contributed by atoms with E-state index in [4.69, 9.17) is 11.6 Å². The van der Waals surface area contributed by atoms with Crippen molar-refractivity contribution in [3.63, 3.8) is 0 Å². The van der Waals surface area contributed by atoms with Crippen molar-refractivity contribution in [3.05, 3.63) is 70.0 Å². The first-order valence-electron chi connectivity index (χ1n) is 5.74. The third-order valence-corrected chi connectivity index (χ3v) is 3.59. The Balaban J connectivity index is 2.16. The van der Waals surface area contributed by atoms with Crippen molar-refractivity contribution >= 4 is 17.4 Å². The van der Waals surface area contributed by atoms with E-state index in [1.54, 1.807) is 36.4 Å². The van der Waals surface area contributed by atoms with Gasteiger partial charge in [-0.05, 0) is 35.4 Å². The summed E-state index contributed by atoms with van der Waals surface area (Å²) in [5.74, 6) is -0.439. The summed E-state index contributed by atoms with van der Waals surface area (Å²) in [5, 5.41) is 0.574. The normalized spacial score (nSPS) is 17.9. The Bertz CT molecular complexity index is 636.